The van der Waals surface area contributed by atoms with Gasteiger partial charge in [-0.3, -0.25) is 4.79 Å². The Kier molecular flexibility index (Phi) is 7.54. The van der Waals surface area contributed by atoms with Crippen molar-refractivity contribution >= 4 is 5.91 Å². The second kappa shape index (κ2) is 9.78. The van der Waals surface area contributed by atoms with E-state index in [4.69, 9.17) is 0 Å². The molecule has 4 aliphatic rings. The topological polar surface area (TPSA) is 72.8 Å². The van der Waals surface area contributed by atoms with Crippen molar-refractivity contribution in [2.24, 2.45) is 46.3 Å². The van der Waals surface area contributed by atoms with Crippen LogP contribution in [0.4, 0.5) is 0 Å². The van der Waals surface area contributed by atoms with Crippen LogP contribution in [0, 0.1) is 46.3 Å². The van der Waals surface area contributed by atoms with Gasteiger partial charge in [0.15, 0.2) is 0 Å². The van der Waals surface area contributed by atoms with Crippen LogP contribution >= 0.6 is 0 Å². The molecule has 1 amide bonds. The maximum absolute atomic E-state index is 12.3. The molecule has 0 aromatic heterocycles. The lowest BCUT2D eigenvalue weighted by atomic mass is 9.43. The van der Waals surface area contributed by atoms with Crippen LogP contribution in [0.1, 0.15) is 85.0 Å². The molecule has 5 heteroatoms. The summed E-state index contributed by atoms with van der Waals surface area (Å²) >= 11 is 0. The molecule has 33 heavy (non-hydrogen) atoms. The zero-order chi connectivity index (χ0) is 24.0. The second-order valence-electron chi connectivity index (χ2n) is 13.1. The standard InChI is InChI=1S/C28H50N2O3/c1-18(6-9-25(33)29-14-15-30(4)5)21-7-8-22-26-23(11-13-28(21,22)3)27(2)12-10-20(31)16-19(27)17-24(26)32/h18-24,26,31-32H,6-17H2,1-5H3,(H,29,33)/t18-,19+,20-,21-,22+,23+,24+,26+,27+,28-/m1/s1. The first-order valence-electron chi connectivity index (χ1n) is 13.8. The molecular weight excluding hydrogens is 412 g/mol. The minimum Gasteiger partial charge on any atom is -0.393 e. The van der Waals surface area contributed by atoms with Gasteiger partial charge in [0.25, 0.3) is 0 Å². The van der Waals surface area contributed by atoms with E-state index in [1.807, 2.05) is 14.1 Å². The van der Waals surface area contributed by atoms with Crippen LogP contribution in [0.5, 0.6) is 0 Å². The van der Waals surface area contributed by atoms with Crippen molar-refractivity contribution in [1.82, 2.24) is 10.2 Å². The molecule has 4 saturated carbocycles. The number of amides is 1. The van der Waals surface area contributed by atoms with E-state index in [9.17, 15) is 15.0 Å². The third-order valence-corrected chi connectivity index (χ3v) is 11.1. The second-order valence-corrected chi connectivity index (χ2v) is 13.1. The Balaban J connectivity index is 1.40. The van der Waals surface area contributed by atoms with Crippen molar-refractivity contribution in [3.8, 4) is 0 Å². The van der Waals surface area contributed by atoms with Gasteiger partial charge < -0.3 is 20.4 Å². The Morgan fingerprint density at radius 3 is 2.45 bits per heavy atom. The van der Waals surface area contributed by atoms with Gasteiger partial charge in [0.05, 0.1) is 12.2 Å². The predicted octanol–water partition coefficient (Wildman–Crippen LogP) is 4.07. The summed E-state index contributed by atoms with van der Waals surface area (Å²) in [7, 11) is 4.06. The van der Waals surface area contributed by atoms with E-state index in [1.165, 1.54) is 25.7 Å². The molecule has 0 heterocycles. The summed E-state index contributed by atoms with van der Waals surface area (Å²) in [4.78, 5) is 14.4. The van der Waals surface area contributed by atoms with Gasteiger partial charge in [0.2, 0.25) is 5.91 Å². The highest BCUT2D eigenvalue weighted by atomic mass is 16.3. The van der Waals surface area contributed by atoms with E-state index in [2.05, 4.69) is 31.0 Å². The van der Waals surface area contributed by atoms with Gasteiger partial charge in [-0.25, -0.2) is 0 Å². The third kappa shape index (κ3) is 4.76. The molecule has 4 fully saturated rings. The minimum atomic E-state index is -0.209. The number of nitrogens with zero attached hydrogens (tertiary/aromatic N) is 1. The monoisotopic (exact) mass is 462 g/mol. The fourth-order valence-corrected chi connectivity index (χ4v) is 9.24. The van der Waals surface area contributed by atoms with Crippen LogP contribution in [-0.2, 0) is 4.79 Å². The fourth-order valence-electron chi connectivity index (χ4n) is 9.24. The molecule has 190 valence electrons. The van der Waals surface area contributed by atoms with Crippen molar-refractivity contribution in [2.75, 3.05) is 27.2 Å². The molecule has 0 aromatic carbocycles. The number of fused-ring (bicyclic) bond motifs is 5. The Hall–Kier alpha value is -0.650. The van der Waals surface area contributed by atoms with Gasteiger partial charge in [0.1, 0.15) is 0 Å². The first-order valence-corrected chi connectivity index (χ1v) is 13.8. The largest absolute Gasteiger partial charge is 0.393 e. The Labute approximate surface area is 202 Å². The zero-order valence-electron chi connectivity index (χ0n) is 21.9. The molecule has 0 aliphatic heterocycles. The van der Waals surface area contributed by atoms with Crippen LogP contribution in [0.2, 0.25) is 0 Å². The highest BCUT2D eigenvalue weighted by molar-refractivity contribution is 5.75. The Bertz CT molecular complexity index is 699. The highest BCUT2D eigenvalue weighted by Gasteiger charge is 2.62. The number of carbonyl (C=O) groups is 1. The lowest BCUT2D eigenvalue weighted by molar-refractivity contribution is -0.174. The molecule has 10 atom stereocenters. The normalized spacial score (nSPS) is 45.8. The van der Waals surface area contributed by atoms with Gasteiger partial charge in [-0.1, -0.05) is 20.8 Å². The first kappa shape index (κ1) is 25.4. The molecule has 4 aliphatic carbocycles. The lowest BCUT2D eigenvalue weighted by Gasteiger charge is -2.62. The van der Waals surface area contributed by atoms with Crippen molar-refractivity contribution in [3.05, 3.63) is 0 Å². The fraction of sp³-hybridized carbons (Fsp3) is 0.964. The van der Waals surface area contributed by atoms with Crippen LogP contribution in [-0.4, -0.2) is 60.4 Å². The zero-order valence-corrected chi connectivity index (χ0v) is 21.9. The molecule has 3 N–H and O–H groups in total. The van der Waals surface area contributed by atoms with E-state index in [0.29, 0.717) is 52.8 Å². The van der Waals surface area contributed by atoms with E-state index < -0.39 is 0 Å². The molecule has 0 unspecified atom stereocenters. The third-order valence-electron chi connectivity index (χ3n) is 11.1. The number of aliphatic hydroxyl groups is 2. The number of carbonyl (C=O) groups excluding carboxylic acids is 1. The smallest absolute Gasteiger partial charge is 0.220 e. The summed E-state index contributed by atoms with van der Waals surface area (Å²) in [5.74, 6) is 3.50. The summed E-state index contributed by atoms with van der Waals surface area (Å²) in [6.45, 7) is 8.98. The summed E-state index contributed by atoms with van der Waals surface area (Å²) in [5, 5.41) is 24.7. The maximum Gasteiger partial charge on any atom is 0.220 e. The number of nitrogens with one attached hydrogen (secondary N) is 1. The molecule has 5 nitrogen and oxygen atoms in total. The molecule has 0 aromatic rings. The number of aliphatic hydroxyl groups excluding tert-OH is 2. The number of hydrogen-bond donors (Lipinski definition) is 3. The molecule has 0 spiro atoms. The quantitative estimate of drug-likeness (QED) is 0.533. The molecule has 0 bridgehead atoms. The van der Waals surface area contributed by atoms with Crippen LogP contribution in [0.3, 0.4) is 0 Å². The summed E-state index contributed by atoms with van der Waals surface area (Å²) in [6, 6.07) is 0. The average Bonchev–Trinajstić information content (AvgIpc) is 3.10. The van der Waals surface area contributed by atoms with Gasteiger partial charge in [-0.05, 0) is 118 Å². The number of likely N-dealkylation sites (N-methyl/N-ethyl adjacent to an activating group) is 1. The van der Waals surface area contributed by atoms with Gasteiger partial charge in [0, 0.05) is 19.5 Å². The highest BCUT2D eigenvalue weighted by Crippen LogP contribution is 2.68. The van der Waals surface area contributed by atoms with Crippen LogP contribution in [0.15, 0.2) is 0 Å². The lowest BCUT2D eigenvalue weighted by Crippen LogP contribution is -2.58. The molecule has 0 saturated heterocycles. The minimum absolute atomic E-state index is 0.169. The van der Waals surface area contributed by atoms with Crippen molar-refractivity contribution in [1.29, 1.82) is 0 Å². The number of hydrogen-bond acceptors (Lipinski definition) is 4. The van der Waals surface area contributed by atoms with E-state index in [-0.39, 0.29) is 18.1 Å². The predicted molar refractivity (Wildman–Crippen MR) is 133 cm³/mol. The maximum atomic E-state index is 12.3. The van der Waals surface area contributed by atoms with Gasteiger partial charge >= 0.3 is 0 Å². The van der Waals surface area contributed by atoms with Crippen molar-refractivity contribution < 1.29 is 15.0 Å². The van der Waals surface area contributed by atoms with E-state index in [1.54, 1.807) is 0 Å². The van der Waals surface area contributed by atoms with Gasteiger partial charge in [-0.15, -0.1) is 0 Å². The first-order chi connectivity index (χ1) is 15.6. The van der Waals surface area contributed by atoms with E-state index in [0.717, 1.165) is 45.2 Å². The summed E-state index contributed by atoms with van der Waals surface area (Å²) < 4.78 is 0. The van der Waals surface area contributed by atoms with Crippen LogP contribution in [0.25, 0.3) is 0 Å². The summed E-state index contributed by atoms with van der Waals surface area (Å²) in [6.07, 6.45) is 10.0. The van der Waals surface area contributed by atoms with Crippen LogP contribution < -0.4 is 5.32 Å². The van der Waals surface area contributed by atoms with Gasteiger partial charge in [-0.2, -0.15) is 0 Å². The van der Waals surface area contributed by atoms with Crippen molar-refractivity contribution in [2.45, 2.75) is 97.2 Å². The molecular formula is C28H50N2O3. The van der Waals surface area contributed by atoms with E-state index >= 15 is 0 Å². The van der Waals surface area contributed by atoms with Crippen molar-refractivity contribution in [3.63, 3.8) is 0 Å². The SMILES string of the molecule is C[C@H](CCC(=O)NCCN(C)C)[C@H]1CC[C@H]2[C@@H]3[C@@H](O)C[C@@H]4C[C@H](O)CC[C@]4(C)[C@H]3CC[C@]12C. The number of rotatable bonds is 7. The molecule has 0 radical (unpaired) electrons. The Morgan fingerprint density at radius 2 is 1.73 bits per heavy atom. The summed E-state index contributed by atoms with van der Waals surface area (Å²) in [5.41, 5.74) is 0.582. The Morgan fingerprint density at radius 1 is 1.03 bits per heavy atom. The average molecular weight is 463 g/mol. The molecule has 4 rings (SSSR count).